The first-order valence-electron chi connectivity index (χ1n) is 5.68. The molecule has 0 spiro atoms. The van der Waals surface area contributed by atoms with Crippen molar-refractivity contribution >= 4 is 11.8 Å². The molecule has 2 N–H and O–H groups in total. The molecule has 1 heterocycles. The minimum Gasteiger partial charge on any atom is -0.459 e. The van der Waals surface area contributed by atoms with Crippen molar-refractivity contribution in [1.29, 1.82) is 0 Å². The normalized spacial score (nSPS) is 10.2. The summed E-state index contributed by atoms with van der Waals surface area (Å²) in [4.78, 5) is 24.5. The van der Waals surface area contributed by atoms with E-state index in [0.29, 0.717) is 6.54 Å². The van der Waals surface area contributed by atoms with E-state index in [4.69, 9.17) is 10.2 Å². The Bertz CT molecular complexity index is 398. The summed E-state index contributed by atoms with van der Waals surface area (Å²) >= 11 is 0. The Kier molecular flexibility index (Phi) is 4.75. The van der Waals surface area contributed by atoms with E-state index in [-0.39, 0.29) is 18.2 Å². The number of nitrogens with zero attached hydrogens (tertiary/aromatic N) is 1. The molecule has 0 atom stereocenters. The Morgan fingerprint density at radius 2 is 2.18 bits per heavy atom. The summed E-state index contributed by atoms with van der Waals surface area (Å²) in [6.07, 6.45) is 3.24. The van der Waals surface area contributed by atoms with Gasteiger partial charge in [0.25, 0.3) is 5.91 Å². The second-order valence-corrected chi connectivity index (χ2v) is 3.98. The summed E-state index contributed by atoms with van der Waals surface area (Å²) in [5, 5.41) is 0. The molecule has 1 rings (SSSR count). The van der Waals surface area contributed by atoms with Crippen molar-refractivity contribution in [3.05, 3.63) is 23.7 Å². The lowest BCUT2D eigenvalue weighted by molar-refractivity contribution is -0.118. The quantitative estimate of drug-likeness (QED) is 0.811. The highest BCUT2D eigenvalue weighted by Crippen LogP contribution is 2.12. The lowest BCUT2D eigenvalue weighted by atomic mass is 10.2. The van der Waals surface area contributed by atoms with E-state index >= 15 is 0 Å². The van der Waals surface area contributed by atoms with Gasteiger partial charge in [-0.3, -0.25) is 9.59 Å². The van der Waals surface area contributed by atoms with Crippen molar-refractivity contribution in [2.75, 3.05) is 13.1 Å². The lowest BCUT2D eigenvalue weighted by Crippen LogP contribution is -2.39. The van der Waals surface area contributed by atoms with Crippen LogP contribution in [0.5, 0.6) is 0 Å². The fraction of sp³-hybridized carbons (Fsp3) is 0.500. The second kappa shape index (κ2) is 6.08. The minimum atomic E-state index is -0.515. The van der Waals surface area contributed by atoms with Crippen LogP contribution in [0.15, 0.2) is 16.7 Å². The fourth-order valence-electron chi connectivity index (χ4n) is 1.52. The lowest BCUT2D eigenvalue weighted by Gasteiger charge is -2.19. The van der Waals surface area contributed by atoms with Crippen LogP contribution in [-0.2, 0) is 4.79 Å². The van der Waals surface area contributed by atoms with E-state index in [1.165, 1.54) is 11.2 Å². The first-order chi connectivity index (χ1) is 8.06. The summed E-state index contributed by atoms with van der Waals surface area (Å²) in [6, 6.07) is 1.72. The smallest absolute Gasteiger partial charge is 0.290 e. The average molecular weight is 238 g/mol. The number of unbranched alkanes of at least 4 members (excludes halogenated alkanes) is 1. The first-order valence-corrected chi connectivity index (χ1v) is 5.68. The summed E-state index contributed by atoms with van der Waals surface area (Å²) in [5.74, 6) is -0.513. The molecule has 1 aromatic heterocycles. The van der Waals surface area contributed by atoms with Crippen LogP contribution in [0.2, 0.25) is 0 Å². The maximum atomic E-state index is 12.1. The van der Waals surface area contributed by atoms with E-state index in [1.54, 1.807) is 13.0 Å². The molecule has 0 fully saturated rings. The maximum absolute atomic E-state index is 12.1. The molecule has 0 unspecified atom stereocenters. The number of amides is 2. The molecule has 0 aliphatic rings. The van der Waals surface area contributed by atoms with Crippen molar-refractivity contribution in [1.82, 2.24) is 4.90 Å². The summed E-state index contributed by atoms with van der Waals surface area (Å²) in [6.45, 7) is 4.25. The van der Waals surface area contributed by atoms with Gasteiger partial charge < -0.3 is 15.1 Å². The van der Waals surface area contributed by atoms with Crippen molar-refractivity contribution in [3.63, 3.8) is 0 Å². The van der Waals surface area contributed by atoms with E-state index in [9.17, 15) is 9.59 Å². The third kappa shape index (κ3) is 3.62. The van der Waals surface area contributed by atoms with Crippen LogP contribution in [0.3, 0.4) is 0 Å². The molecule has 0 saturated heterocycles. The molecule has 2 amide bonds. The number of carbonyl (C=O) groups is 2. The minimum absolute atomic E-state index is 0.0705. The number of aryl methyl sites for hydroxylation is 1. The molecule has 5 nitrogen and oxygen atoms in total. The number of nitrogens with two attached hydrogens (primary N) is 1. The third-order valence-corrected chi connectivity index (χ3v) is 2.47. The van der Waals surface area contributed by atoms with Gasteiger partial charge in [0.1, 0.15) is 0 Å². The summed E-state index contributed by atoms with van der Waals surface area (Å²) in [5.41, 5.74) is 5.90. The largest absolute Gasteiger partial charge is 0.459 e. The molecule has 0 aliphatic carbocycles. The van der Waals surface area contributed by atoms with Gasteiger partial charge in [0.05, 0.1) is 12.8 Å². The highest BCUT2D eigenvalue weighted by molar-refractivity contribution is 5.95. The van der Waals surface area contributed by atoms with Crippen LogP contribution < -0.4 is 5.73 Å². The molecule has 0 radical (unpaired) electrons. The molecule has 1 aromatic rings. The maximum Gasteiger partial charge on any atom is 0.290 e. The Labute approximate surface area is 101 Å². The monoisotopic (exact) mass is 238 g/mol. The van der Waals surface area contributed by atoms with Gasteiger partial charge in [-0.1, -0.05) is 13.3 Å². The molecular weight excluding hydrogens is 220 g/mol. The number of rotatable bonds is 6. The Morgan fingerprint density at radius 3 is 2.65 bits per heavy atom. The molecular formula is C12H18N2O3. The van der Waals surface area contributed by atoms with Crippen molar-refractivity contribution in [2.45, 2.75) is 26.7 Å². The van der Waals surface area contributed by atoms with Gasteiger partial charge in [-0.25, -0.2) is 0 Å². The standard InChI is InChI=1S/C12H18N2O3/c1-3-4-6-14(8-10(13)15)12(16)11-9(2)5-7-17-11/h5,7H,3-4,6,8H2,1-2H3,(H2,13,15). The first kappa shape index (κ1) is 13.3. The Balaban J connectivity index is 2.78. The Hall–Kier alpha value is -1.78. The summed E-state index contributed by atoms with van der Waals surface area (Å²) < 4.78 is 5.13. The Morgan fingerprint density at radius 1 is 1.47 bits per heavy atom. The van der Waals surface area contributed by atoms with E-state index in [2.05, 4.69) is 0 Å². The summed E-state index contributed by atoms with van der Waals surface area (Å²) in [7, 11) is 0. The topological polar surface area (TPSA) is 76.5 Å². The fourth-order valence-corrected chi connectivity index (χ4v) is 1.52. The number of carbonyl (C=O) groups excluding carboxylic acids is 2. The van der Waals surface area contributed by atoms with Crippen molar-refractivity contribution in [3.8, 4) is 0 Å². The molecule has 0 bridgehead atoms. The van der Waals surface area contributed by atoms with Crippen LogP contribution >= 0.6 is 0 Å². The van der Waals surface area contributed by atoms with Crippen LogP contribution in [0.25, 0.3) is 0 Å². The van der Waals surface area contributed by atoms with Gasteiger partial charge in [-0.15, -0.1) is 0 Å². The van der Waals surface area contributed by atoms with Gasteiger partial charge in [-0.2, -0.15) is 0 Å². The zero-order valence-electron chi connectivity index (χ0n) is 10.2. The molecule has 0 saturated carbocycles. The second-order valence-electron chi connectivity index (χ2n) is 3.98. The molecule has 0 aromatic carbocycles. The SMILES string of the molecule is CCCCN(CC(N)=O)C(=O)c1occc1C. The van der Waals surface area contributed by atoms with Gasteiger partial charge in [-0.05, 0) is 19.4 Å². The van der Waals surface area contributed by atoms with Crippen molar-refractivity contribution < 1.29 is 14.0 Å². The van der Waals surface area contributed by atoms with Crippen LogP contribution in [-0.4, -0.2) is 29.8 Å². The zero-order valence-corrected chi connectivity index (χ0v) is 10.2. The predicted octanol–water partition coefficient (Wildman–Crippen LogP) is 1.32. The van der Waals surface area contributed by atoms with E-state index in [1.807, 2.05) is 6.92 Å². The number of primary amides is 1. The highest BCUT2D eigenvalue weighted by Gasteiger charge is 2.21. The predicted molar refractivity (Wildman–Crippen MR) is 63.5 cm³/mol. The molecule has 94 valence electrons. The van der Waals surface area contributed by atoms with Crippen molar-refractivity contribution in [2.24, 2.45) is 5.73 Å². The van der Waals surface area contributed by atoms with Gasteiger partial charge in [0.15, 0.2) is 5.76 Å². The zero-order chi connectivity index (χ0) is 12.8. The van der Waals surface area contributed by atoms with Gasteiger partial charge >= 0.3 is 0 Å². The number of furan rings is 1. The van der Waals surface area contributed by atoms with Crippen LogP contribution in [0, 0.1) is 6.92 Å². The molecule has 0 aliphatic heterocycles. The highest BCUT2D eigenvalue weighted by atomic mass is 16.3. The van der Waals surface area contributed by atoms with Crippen LogP contribution in [0.1, 0.15) is 35.9 Å². The van der Waals surface area contributed by atoms with Gasteiger partial charge in [0, 0.05) is 12.1 Å². The third-order valence-electron chi connectivity index (χ3n) is 2.47. The molecule has 17 heavy (non-hydrogen) atoms. The average Bonchev–Trinajstić information content (AvgIpc) is 2.69. The van der Waals surface area contributed by atoms with E-state index in [0.717, 1.165) is 18.4 Å². The number of hydrogen-bond donors (Lipinski definition) is 1. The van der Waals surface area contributed by atoms with Crippen LogP contribution in [0.4, 0.5) is 0 Å². The number of hydrogen-bond acceptors (Lipinski definition) is 3. The van der Waals surface area contributed by atoms with Gasteiger partial charge in [0.2, 0.25) is 5.91 Å². The molecule has 5 heteroatoms. The van der Waals surface area contributed by atoms with E-state index < -0.39 is 5.91 Å².